The summed E-state index contributed by atoms with van der Waals surface area (Å²) >= 11 is 0. The quantitative estimate of drug-likeness (QED) is 0.480. The Kier molecular flexibility index (Phi) is 1.00. The molecule has 0 N–H and O–H groups in total. The van der Waals surface area contributed by atoms with Crippen LogP contribution >= 0.6 is 0 Å². The largest absolute Gasteiger partial charge is 0.0499 e. The summed E-state index contributed by atoms with van der Waals surface area (Å²) in [5.74, 6) is 4.74. The van der Waals surface area contributed by atoms with Crippen molar-refractivity contribution in [1.82, 2.24) is 0 Å². The molecule has 0 spiro atoms. The van der Waals surface area contributed by atoms with Gasteiger partial charge in [-0.2, -0.15) is 0 Å². The van der Waals surface area contributed by atoms with Gasteiger partial charge in [0.05, 0.1) is 0 Å². The number of hydrogen-bond donors (Lipinski definition) is 0. The SMILES string of the molecule is C1CC2CCC1C1CC2C1. The van der Waals surface area contributed by atoms with E-state index in [2.05, 4.69) is 0 Å². The van der Waals surface area contributed by atoms with Crippen LogP contribution in [-0.2, 0) is 0 Å². The van der Waals surface area contributed by atoms with E-state index >= 15 is 0 Å². The van der Waals surface area contributed by atoms with Crippen LogP contribution in [0.5, 0.6) is 0 Å². The van der Waals surface area contributed by atoms with Gasteiger partial charge in [-0.15, -0.1) is 0 Å². The average molecular weight is 136 g/mol. The van der Waals surface area contributed by atoms with Crippen LogP contribution in [-0.4, -0.2) is 0 Å². The Morgan fingerprint density at radius 3 is 1.30 bits per heavy atom. The Morgan fingerprint density at radius 1 is 0.500 bits per heavy atom. The lowest BCUT2D eigenvalue weighted by molar-refractivity contribution is 0.147. The van der Waals surface area contributed by atoms with Gasteiger partial charge >= 0.3 is 0 Å². The molecule has 6 fully saturated rings. The van der Waals surface area contributed by atoms with Gasteiger partial charge in [-0.05, 0) is 62.2 Å². The Bertz CT molecular complexity index is 120. The third-order valence-corrected chi connectivity index (χ3v) is 4.36. The molecule has 0 aromatic heterocycles. The zero-order chi connectivity index (χ0) is 6.55. The van der Waals surface area contributed by atoms with E-state index in [-0.39, 0.29) is 0 Å². The molecule has 0 unspecified atom stereocenters. The maximum absolute atomic E-state index is 1.62. The van der Waals surface area contributed by atoms with E-state index in [0.717, 1.165) is 0 Å². The highest BCUT2D eigenvalue weighted by atomic mass is 14.5. The fraction of sp³-hybridized carbons (Fsp3) is 1.00. The van der Waals surface area contributed by atoms with Crippen LogP contribution in [0.1, 0.15) is 38.5 Å². The molecule has 4 bridgehead atoms. The molecule has 56 valence electrons. The molecule has 6 saturated carbocycles. The van der Waals surface area contributed by atoms with Crippen molar-refractivity contribution in [1.29, 1.82) is 0 Å². The first-order valence-electron chi connectivity index (χ1n) is 4.93. The van der Waals surface area contributed by atoms with E-state index in [0.29, 0.717) is 0 Å². The van der Waals surface area contributed by atoms with Crippen molar-refractivity contribution in [3.05, 3.63) is 0 Å². The molecular weight excluding hydrogens is 120 g/mol. The van der Waals surface area contributed by atoms with Crippen LogP contribution < -0.4 is 0 Å². The molecule has 0 aromatic rings. The van der Waals surface area contributed by atoms with Gasteiger partial charge in [0.15, 0.2) is 0 Å². The molecule has 10 heavy (non-hydrogen) atoms. The fourth-order valence-electron chi connectivity index (χ4n) is 3.57. The Hall–Kier alpha value is 0. The van der Waals surface area contributed by atoms with Gasteiger partial charge in [0.25, 0.3) is 0 Å². The third-order valence-electron chi connectivity index (χ3n) is 4.36. The predicted molar refractivity (Wildman–Crippen MR) is 41.7 cm³/mol. The number of hydrogen-bond acceptors (Lipinski definition) is 0. The second-order valence-electron chi connectivity index (χ2n) is 4.67. The third kappa shape index (κ3) is 0.580. The second-order valence-corrected chi connectivity index (χ2v) is 4.67. The van der Waals surface area contributed by atoms with Crippen LogP contribution in [0.3, 0.4) is 0 Å². The minimum Gasteiger partial charge on any atom is -0.0499 e. The maximum atomic E-state index is 1.62. The summed E-state index contributed by atoms with van der Waals surface area (Å²) in [6.07, 6.45) is 9.60. The van der Waals surface area contributed by atoms with E-state index in [9.17, 15) is 0 Å². The van der Waals surface area contributed by atoms with Gasteiger partial charge < -0.3 is 0 Å². The van der Waals surface area contributed by atoms with E-state index in [1.165, 1.54) is 23.7 Å². The van der Waals surface area contributed by atoms with Crippen LogP contribution in [0, 0.1) is 23.7 Å². The summed E-state index contributed by atoms with van der Waals surface area (Å²) in [6.45, 7) is 0. The van der Waals surface area contributed by atoms with Crippen molar-refractivity contribution in [2.24, 2.45) is 23.7 Å². The fourth-order valence-corrected chi connectivity index (χ4v) is 3.57. The van der Waals surface area contributed by atoms with Gasteiger partial charge in [-0.3, -0.25) is 0 Å². The first-order chi connectivity index (χ1) is 4.93. The summed E-state index contributed by atoms with van der Waals surface area (Å²) < 4.78 is 0. The molecule has 0 radical (unpaired) electrons. The van der Waals surface area contributed by atoms with Gasteiger partial charge in [0.1, 0.15) is 0 Å². The van der Waals surface area contributed by atoms with Crippen molar-refractivity contribution in [2.45, 2.75) is 38.5 Å². The van der Waals surface area contributed by atoms with Crippen molar-refractivity contribution < 1.29 is 0 Å². The molecule has 6 aliphatic carbocycles. The first-order valence-corrected chi connectivity index (χ1v) is 4.93. The zero-order valence-electron chi connectivity index (χ0n) is 6.55. The summed E-state index contributed by atoms with van der Waals surface area (Å²) in [5.41, 5.74) is 0. The van der Waals surface area contributed by atoms with Gasteiger partial charge in [0.2, 0.25) is 0 Å². The van der Waals surface area contributed by atoms with E-state index in [4.69, 9.17) is 0 Å². The molecule has 0 heteroatoms. The molecule has 0 aliphatic heterocycles. The van der Waals surface area contributed by atoms with Crippen molar-refractivity contribution in [3.8, 4) is 0 Å². The predicted octanol–water partition coefficient (Wildman–Crippen LogP) is 2.83. The molecule has 0 aromatic carbocycles. The molecule has 0 nitrogen and oxygen atoms in total. The number of rotatable bonds is 0. The molecule has 0 atom stereocenters. The average Bonchev–Trinajstić information content (AvgIpc) is 2.21. The van der Waals surface area contributed by atoms with E-state index in [1.807, 2.05) is 0 Å². The normalized spacial score (nSPS) is 57.6. The molecular formula is C10H16. The highest BCUT2D eigenvalue weighted by molar-refractivity contribution is 4.96. The minimum atomic E-state index is 1.18. The van der Waals surface area contributed by atoms with Gasteiger partial charge in [0, 0.05) is 0 Å². The lowest BCUT2D eigenvalue weighted by atomic mass is 9.70. The topological polar surface area (TPSA) is 0 Å². The maximum Gasteiger partial charge on any atom is -0.0380 e. The van der Waals surface area contributed by atoms with Crippen LogP contribution in [0.25, 0.3) is 0 Å². The lowest BCUT2D eigenvalue weighted by Gasteiger charge is -2.35. The molecule has 0 amide bonds. The first kappa shape index (κ1) is 5.62. The minimum absolute atomic E-state index is 1.18. The Morgan fingerprint density at radius 2 is 0.900 bits per heavy atom. The summed E-state index contributed by atoms with van der Waals surface area (Å²) in [7, 11) is 0. The lowest BCUT2D eigenvalue weighted by Crippen LogP contribution is -2.26. The van der Waals surface area contributed by atoms with Crippen LogP contribution in [0.15, 0.2) is 0 Å². The Labute approximate surface area is 63.0 Å². The van der Waals surface area contributed by atoms with Crippen molar-refractivity contribution >= 4 is 0 Å². The summed E-state index contributed by atoms with van der Waals surface area (Å²) in [5, 5.41) is 0. The van der Waals surface area contributed by atoms with Crippen LogP contribution in [0.4, 0.5) is 0 Å². The molecule has 6 aliphatic rings. The van der Waals surface area contributed by atoms with Gasteiger partial charge in [-0.1, -0.05) is 0 Å². The van der Waals surface area contributed by atoms with E-state index < -0.39 is 0 Å². The molecule has 0 saturated heterocycles. The monoisotopic (exact) mass is 136 g/mol. The Balaban J connectivity index is 1.93. The smallest absolute Gasteiger partial charge is 0.0380 e. The van der Waals surface area contributed by atoms with Crippen molar-refractivity contribution in [3.63, 3.8) is 0 Å². The standard InChI is InChI=1S/C10H16/c1-2-8-4-3-7(1)9-5-10(8)6-9/h7-10H,1-6H2. The zero-order valence-corrected chi connectivity index (χ0v) is 6.55. The van der Waals surface area contributed by atoms with Gasteiger partial charge in [-0.25, -0.2) is 0 Å². The van der Waals surface area contributed by atoms with E-state index in [1.54, 1.807) is 38.5 Å². The highest BCUT2D eigenvalue weighted by Gasteiger charge is 2.45. The second kappa shape index (κ2) is 1.78. The highest BCUT2D eigenvalue weighted by Crippen LogP contribution is 2.56. The summed E-state index contributed by atoms with van der Waals surface area (Å²) in [4.78, 5) is 0. The van der Waals surface area contributed by atoms with Crippen molar-refractivity contribution in [2.75, 3.05) is 0 Å². The van der Waals surface area contributed by atoms with Crippen LogP contribution in [0.2, 0.25) is 0 Å². The summed E-state index contributed by atoms with van der Waals surface area (Å²) in [6, 6.07) is 0. The molecule has 0 heterocycles. The molecule has 6 rings (SSSR count).